The van der Waals surface area contributed by atoms with Crippen LogP contribution in [-0.2, 0) is 10.0 Å². The number of anilines is 1. The molecule has 0 saturated carbocycles. The van der Waals surface area contributed by atoms with Crippen molar-refractivity contribution in [1.82, 2.24) is 9.78 Å². The van der Waals surface area contributed by atoms with Gasteiger partial charge in [-0.2, -0.15) is 5.10 Å². The van der Waals surface area contributed by atoms with Gasteiger partial charge in [0.1, 0.15) is 4.90 Å². The Kier molecular flexibility index (Phi) is 2.41. The molecule has 1 aromatic carbocycles. The second kappa shape index (κ2) is 3.62. The van der Waals surface area contributed by atoms with Crippen LogP contribution in [0.4, 0.5) is 5.69 Å². The van der Waals surface area contributed by atoms with Crippen molar-refractivity contribution in [2.45, 2.75) is 4.90 Å². The SMILES string of the molecule is Nc1cnn(-c2ccccc2S(N)(=O)=O)c1. The number of hydrogen-bond donors (Lipinski definition) is 2. The Bertz CT molecular complexity index is 618. The molecule has 6 nitrogen and oxygen atoms in total. The van der Waals surface area contributed by atoms with E-state index in [1.807, 2.05) is 0 Å². The molecule has 1 aromatic heterocycles. The topological polar surface area (TPSA) is 104 Å². The van der Waals surface area contributed by atoms with Crippen LogP contribution in [0, 0.1) is 0 Å². The molecule has 0 radical (unpaired) electrons. The largest absolute Gasteiger partial charge is 0.396 e. The van der Waals surface area contributed by atoms with Crippen molar-refractivity contribution < 1.29 is 8.42 Å². The van der Waals surface area contributed by atoms with Crippen LogP contribution in [0.15, 0.2) is 41.6 Å². The van der Waals surface area contributed by atoms with Gasteiger partial charge in [0.25, 0.3) is 0 Å². The van der Waals surface area contributed by atoms with Crippen LogP contribution in [-0.4, -0.2) is 18.2 Å². The normalized spacial score (nSPS) is 11.6. The van der Waals surface area contributed by atoms with Crippen molar-refractivity contribution in [3.8, 4) is 5.69 Å². The van der Waals surface area contributed by atoms with Gasteiger partial charge in [-0.1, -0.05) is 12.1 Å². The lowest BCUT2D eigenvalue weighted by Crippen LogP contribution is -2.15. The van der Waals surface area contributed by atoms with Gasteiger partial charge in [0.05, 0.1) is 23.8 Å². The van der Waals surface area contributed by atoms with E-state index >= 15 is 0 Å². The first-order valence-electron chi connectivity index (χ1n) is 4.41. The highest BCUT2D eigenvalue weighted by Gasteiger charge is 2.14. The van der Waals surface area contributed by atoms with Gasteiger partial charge < -0.3 is 5.73 Å². The van der Waals surface area contributed by atoms with E-state index in [-0.39, 0.29) is 4.90 Å². The van der Waals surface area contributed by atoms with E-state index < -0.39 is 10.0 Å². The molecule has 7 heteroatoms. The fourth-order valence-corrected chi connectivity index (χ4v) is 2.08. The number of para-hydroxylation sites is 1. The minimum absolute atomic E-state index is 0.0121. The van der Waals surface area contributed by atoms with Crippen LogP contribution in [0.25, 0.3) is 5.69 Å². The number of aromatic nitrogens is 2. The molecule has 0 unspecified atom stereocenters. The zero-order valence-electron chi connectivity index (χ0n) is 8.24. The molecule has 0 amide bonds. The highest BCUT2D eigenvalue weighted by molar-refractivity contribution is 7.89. The van der Waals surface area contributed by atoms with E-state index in [1.165, 1.54) is 23.1 Å². The molecule has 84 valence electrons. The van der Waals surface area contributed by atoms with E-state index in [2.05, 4.69) is 5.10 Å². The van der Waals surface area contributed by atoms with Crippen molar-refractivity contribution in [1.29, 1.82) is 0 Å². The zero-order valence-corrected chi connectivity index (χ0v) is 9.05. The predicted octanol–water partition coefficient (Wildman–Crippen LogP) is 0.102. The minimum Gasteiger partial charge on any atom is -0.396 e. The fraction of sp³-hybridized carbons (Fsp3) is 0. The summed E-state index contributed by atoms with van der Waals surface area (Å²) in [5.74, 6) is 0. The van der Waals surface area contributed by atoms with Crippen molar-refractivity contribution in [2.24, 2.45) is 5.14 Å². The van der Waals surface area contributed by atoms with Crippen molar-refractivity contribution in [2.75, 3.05) is 5.73 Å². The average Bonchev–Trinajstić information content (AvgIpc) is 2.64. The predicted molar refractivity (Wildman–Crippen MR) is 59.3 cm³/mol. The molecular formula is C9H10N4O2S. The molecule has 2 rings (SSSR count). The highest BCUT2D eigenvalue weighted by Crippen LogP contribution is 2.18. The average molecular weight is 238 g/mol. The number of nitrogens with zero attached hydrogens (tertiary/aromatic N) is 2. The van der Waals surface area contributed by atoms with E-state index in [9.17, 15) is 8.42 Å². The van der Waals surface area contributed by atoms with Crippen molar-refractivity contribution >= 4 is 15.7 Å². The van der Waals surface area contributed by atoms with Crippen LogP contribution in [0.5, 0.6) is 0 Å². The van der Waals surface area contributed by atoms with E-state index in [1.54, 1.807) is 18.2 Å². The van der Waals surface area contributed by atoms with Crippen LogP contribution in [0.3, 0.4) is 0 Å². The van der Waals surface area contributed by atoms with Crippen LogP contribution in [0.2, 0.25) is 0 Å². The number of sulfonamides is 1. The Morgan fingerprint density at radius 1 is 1.25 bits per heavy atom. The Morgan fingerprint density at radius 3 is 2.50 bits per heavy atom. The van der Waals surface area contributed by atoms with Gasteiger partial charge in [0.15, 0.2) is 0 Å². The third-order valence-electron chi connectivity index (χ3n) is 2.02. The fourth-order valence-electron chi connectivity index (χ4n) is 1.36. The van der Waals surface area contributed by atoms with Gasteiger partial charge in [-0.3, -0.25) is 0 Å². The molecule has 0 saturated heterocycles. The van der Waals surface area contributed by atoms with E-state index in [0.717, 1.165) is 0 Å². The van der Waals surface area contributed by atoms with Gasteiger partial charge in [-0.05, 0) is 12.1 Å². The summed E-state index contributed by atoms with van der Waals surface area (Å²) in [6.07, 6.45) is 2.95. The van der Waals surface area contributed by atoms with Crippen LogP contribution < -0.4 is 10.9 Å². The first kappa shape index (κ1) is 10.7. The summed E-state index contributed by atoms with van der Waals surface area (Å²) in [6.45, 7) is 0. The molecule has 2 aromatic rings. The third kappa shape index (κ3) is 1.90. The monoisotopic (exact) mass is 238 g/mol. The second-order valence-electron chi connectivity index (χ2n) is 3.23. The number of primary sulfonamides is 1. The molecule has 1 heterocycles. The molecule has 0 atom stereocenters. The van der Waals surface area contributed by atoms with Gasteiger partial charge in [-0.25, -0.2) is 18.2 Å². The molecule has 0 aliphatic rings. The first-order valence-corrected chi connectivity index (χ1v) is 5.95. The third-order valence-corrected chi connectivity index (χ3v) is 2.98. The summed E-state index contributed by atoms with van der Waals surface area (Å²) in [5, 5.41) is 9.03. The van der Waals surface area contributed by atoms with Gasteiger partial charge in [-0.15, -0.1) is 0 Å². The standard InChI is InChI=1S/C9H10N4O2S/c10-7-5-12-13(6-7)8-3-1-2-4-9(8)16(11,14)15/h1-6H,10H2,(H2,11,14,15). The minimum atomic E-state index is -3.77. The Morgan fingerprint density at radius 2 is 1.94 bits per heavy atom. The Hall–Kier alpha value is -1.86. The number of nitrogens with two attached hydrogens (primary N) is 2. The summed E-state index contributed by atoms with van der Waals surface area (Å²) in [6, 6.07) is 6.31. The second-order valence-corrected chi connectivity index (χ2v) is 4.76. The maximum atomic E-state index is 11.3. The smallest absolute Gasteiger partial charge is 0.240 e. The molecule has 0 fully saturated rings. The van der Waals surface area contributed by atoms with Crippen LogP contribution in [0.1, 0.15) is 0 Å². The molecule has 0 aliphatic carbocycles. The lowest BCUT2D eigenvalue weighted by molar-refractivity contribution is 0.596. The van der Waals surface area contributed by atoms with Gasteiger partial charge in [0.2, 0.25) is 10.0 Å². The Balaban J connectivity index is 2.66. The summed E-state index contributed by atoms with van der Waals surface area (Å²) in [4.78, 5) is 0.0121. The van der Waals surface area contributed by atoms with Gasteiger partial charge >= 0.3 is 0 Å². The van der Waals surface area contributed by atoms with E-state index in [4.69, 9.17) is 10.9 Å². The molecule has 16 heavy (non-hydrogen) atoms. The van der Waals surface area contributed by atoms with E-state index in [0.29, 0.717) is 11.4 Å². The molecule has 4 N–H and O–H groups in total. The maximum absolute atomic E-state index is 11.3. The van der Waals surface area contributed by atoms with Gasteiger partial charge in [0, 0.05) is 0 Å². The molecule has 0 aliphatic heterocycles. The number of benzene rings is 1. The molecule has 0 spiro atoms. The number of nitrogen functional groups attached to an aromatic ring is 1. The summed E-state index contributed by atoms with van der Waals surface area (Å²) in [7, 11) is -3.77. The van der Waals surface area contributed by atoms with Crippen molar-refractivity contribution in [3.05, 3.63) is 36.7 Å². The maximum Gasteiger partial charge on any atom is 0.240 e. The highest BCUT2D eigenvalue weighted by atomic mass is 32.2. The number of rotatable bonds is 2. The van der Waals surface area contributed by atoms with Crippen LogP contribution >= 0.6 is 0 Å². The van der Waals surface area contributed by atoms with Crippen molar-refractivity contribution in [3.63, 3.8) is 0 Å². The lowest BCUT2D eigenvalue weighted by Gasteiger charge is -2.06. The first-order chi connectivity index (χ1) is 7.48. The number of hydrogen-bond acceptors (Lipinski definition) is 4. The lowest BCUT2D eigenvalue weighted by atomic mass is 10.3. The quantitative estimate of drug-likeness (QED) is 0.774. The summed E-state index contributed by atoms with van der Waals surface area (Å²) < 4.78 is 24.0. The summed E-state index contributed by atoms with van der Waals surface area (Å²) >= 11 is 0. The summed E-state index contributed by atoms with van der Waals surface area (Å²) in [5.41, 5.74) is 6.34. The zero-order chi connectivity index (χ0) is 11.8. The molecular weight excluding hydrogens is 228 g/mol. The molecule has 0 bridgehead atoms. The Labute approximate surface area is 92.5 Å².